The number of benzene rings is 2. The molecule has 0 spiro atoms. The van der Waals surface area contributed by atoms with Gasteiger partial charge in [-0.2, -0.15) is 0 Å². The molecule has 0 saturated heterocycles. The Kier molecular flexibility index (Phi) is 10.6. The van der Waals surface area contributed by atoms with E-state index in [1.807, 2.05) is 38.1 Å². The standard InChI is InChI=1S/2C11H16O3/c2*1-8-4-9(6-13-2)11(12)10(5-8)7-14-3/h2*4-5,12H,6-7H2,1-3H3. The van der Waals surface area contributed by atoms with E-state index in [1.165, 1.54) is 0 Å². The Morgan fingerprint density at radius 2 is 0.750 bits per heavy atom. The van der Waals surface area contributed by atoms with Gasteiger partial charge in [-0.25, -0.2) is 0 Å². The first kappa shape index (κ1) is 23.9. The lowest BCUT2D eigenvalue weighted by molar-refractivity contribution is 0.174. The Morgan fingerprint density at radius 1 is 0.536 bits per heavy atom. The van der Waals surface area contributed by atoms with Crippen LogP contribution in [0.1, 0.15) is 33.4 Å². The Hall–Kier alpha value is -2.12. The van der Waals surface area contributed by atoms with Crippen molar-refractivity contribution in [2.24, 2.45) is 0 Å². The highest BCUT2D eigenvalue weighted by Gasteiger charge is 2.09. The molecule has 0 fully saturated rings. The highest BCUT2D eigenvalue weighted by atomic mass is 16.5. The SMILES string of the molecule is COCc1cc(C)cc(COC)c1O.COCc1cc(C)cc(COC)c1O. The maximum atomic E-state index is 9.82. The average molecular weight is 392 g/mol. The number of aryl methyl sites for hydroxylation is 2. The third-order valence-corrected chi connectivity index (χ3v) is 4.02. The summed E-state index contributed by atoms with van der Waals surface area (Å²) in [6, 6.07) is 7.66. The van der Waals surface area contributed by atoms with E-state index in [2.05, 4.69) is 0 Å². The molecule has 156 valence electrons. The Labute approximate surface area is 167 Å². The molecule has 2 aromatic carbocycles. The van der Waals surface area contributed by atoms with Gasteiger partial charge in [-0.1, -0.05) is 35.4 Å². The van der Waals surface area contributed by atoms with E-state index in [4.69, 9.17) is 18.9 Å². The van der Waals surface area contributed by atoms with Crippen molar-refractivity contribution in [3.8, 4) is 11.5 Å². The predicted molar refractivity (Wildman–Crippen MR) is 109 cm³/mol. The van der Waals surface area contributed by atoms with E-state index < -0.39 is 0 Å². The van der Waals surface area contributed by atoms with Crippen LogP contribution in [0.4, 0.5) is 0 Å². The molecule has 0 radical (unpaired) electrons. The lowest BCUT2D eigenvalue weighted by atomic mass is 10.1. The van der Waals surface area contributed by atoms with Gasteiger partial charge >= 0.3 is 0 Å². The summed E-state index contributed by atoms with van der Waals surface area (Å²) in [6.45, 7) is 5.65. The number of ether oxygens (including phenoxy) is 4. The van der Waals surface area contributed by atoms with Gasteiger partial charge in [0.1, 0.15) is 11.5 Å². The van der Waals surface area contributed by atoms with Gasteiger partial charge in [-0.05, 0) is 13.8 Å². The van der Waals surface area contributed by atoms with Crippen molar-refractivity contribution >= 4 is 0 Å². The maximum absolute atomic E-state index is 9.82. The molecular formula is C22H32O6. The highest BCUT2D eigenvalue weighted by molar-refractivity contribution is 5.43. The molecule has 0 unspecified atom stereocenters. The van der Waals surface area contributed by atoms with Gasteiger partial charge in [0.2, 0.25) is 0 Å². The Balaban J connectivity index is 0.000000280. The maximum Gasteiger partial charge on any atom is 0.126 e. The smallest absolute Gasteiger partial charge is 0.126 e. The molecule has 0 bridgehead atoms. The molecule has 6 heteroatoms. The number of methoxy groups -OCH3 is 4. The molecule has 0 heterocycles. The summed E-state index contributed by atoms with van der Waals surface area (Å²) in [5, 5.41) is 19.6. The molecule has 0 atom stereocenters. The van der Waals surface area contributed by atoms with E-state index in [0.29, 0.717) is 26.4 Å². The molecule has 0 aromatic heterocycles. The van der Waals surface area contributed by atoms with Crippen LogP contribution >= 0.6 is 0 Å². The molecule has 0 saturated carbocycles. The quantitative estimate of drug-likeness (QED) is 0.707. The van der Waals surface area contributed by atoms with Gasteiger partial charge in [0, 0.05) is 50.7 Å². The fourth-order valence-corrected chi connectivity index (χ4v) is 2.93. The largest absolute Gasteiger partial charge is 0.507 e. The van der Waals surface area contributed by atoms with Crippen molar-refractivity contribution < 1.29 is 29.2 Å². The molecule has 0 amide bonds. The molecule has 0 aliphatic rings. The van der Waals surface area contributed by atoms with E-state index >= 15 is 0 Å². The van der Waals surface area contributed by atoms with Crippen LogP contribution in [-0.2, 0) is 45.4 Å². The molecular weight excluding hydrogens is 360 g/mol. The van der Waals surface area contributed by atoms with Crippen LogP contribution < -0.4 is 0 Å². The minimum atomic E-state index is 0.277. The predicted octanol–water partition coefficient (Wildman–Crippen LogP) is 3.99. The first-order valence-corrected chi connectivity index (χ1v) is 8.96. The van der Waals surface area contributed by atoms with Crippen LogP contribution in [0.2, 0.25) is 0 Å². The monoisotopic (exact) mass is 392 g/mol. The second-order valence-electron chi connectivity index (χ2n) is 6.60. The van der Waals surface area contributed by atoms with E-state index in [-0.39, 0.29) is 11.5 Å². The van der Waals surface area contributed by atoms with Gasteiger partial charge in [-0.3, -0.25) is 0 Å². The summed E-state index contributed by atoms with van der Waals surface area (Å²) in [5.74, 6) is 0.554. The molecule has 2 N–H and O–H groups in total. The van der Waals surface area contributed by atoms with Crippen LogP contribution in [-0.4, -0.2) is 38.7 Å². The summed E-state index contributed by atoms with van der Waals surface area (Å²) in [6.07, 6.45) is 0. The van der Waals surface area contributed by atoms with Crippen LogP contribution in [0, 0.1) is 13.8 Å². The Bertz CT molecular complexity index is 624. The highest BCUT2D eigenvalue weighted by Crippen LogP contribution is 2.26. The van der Waals surface area contributed by atoms with Gasteiger partial charge in [0.05, 0.1) is 26.4 Å². The van der Waals surface area contributed by atoms with Crippen molar-refractivity contribution in [3.63, 3.8) is 0 Å². The first-order valence-electron chi connectivity index (χ1n) is 8.96. The van der Waals surface area contributed by atoms with Crippen molar-refractivity contribution in [3.05, 3.63) is 57.6 Å². The fraction of sp³-hybridized carbons (Fsp3) is 0.455. The fourth-order valence-electron chi connectivity index (χ4n) is 2.93. The zero-order valence-electron chi connectivity index (χ0n) is 17.7. The minimum Gasteiger partial charge on any atom is -0.507 e. The average Bonchev–Trinajstić information content (AvgIpc) is 2.64. The van der Waals surface area contributed by atoms with Crippen LogP contribution in [0.15, 0.2) is 24.3 Å². The zero-order chi connectivity index (χ0) is 21.1. The van der Waals surface area contributed by atoms with E-state index in [1.54, 1.807) is 28.4 Å². The van der Waals surface area contributed by atoms with Crippen molar-refractivity contribution in [2.75, 3.05) is 28.4 Å². The summed E-state index contributed by atoms with van der Waals surface area (Å²) < 4.78 is 20.0. The number of hydrogen-bond donors (Lipinski definition) is 2. The number of rotatable bonds is 8. The number of phenols is 2. The Morgan fingerprint density at radius 3 is 0.929 bits per heavy atom. The van der Waals surface area contributed by atoms with Gasteiger partial charge in [0.25, 0.3) is 0 Å². The van der Waals surface area contributed by atoms with Crippen LogP contribution in [0.3, 0.4) is 0 Å². The lowest BCUT2D eigenvalue weighted by Gasteiger charge is -2.10. The van der Waals surface area contributed by atoms with Crippen molar-refractivity contribution in [1.29, 1.82) is 0 Å². The van der Waals surface area contributed by atoms with E-state index in [0.717, 1.165) is 33.4 Å². The summed E-state index contributed by atoms with van der Waals surface area (Å²) in [4.78, 5) is 0. The minimum absolute atomic E-state index is 0.277. The van der Waals surface area contributed by atoms with Gasteiger partial charge < -0.3 is 29.2 Å². The van der Waals surface area contributed by atoms with Crippen molar-refractivity contribution in [1.82, 2.24) is 0 Å². The zero-order valence-corrected chi connectivity index (χ0v) is 17.7. The number of aromatic hydroxyl groups is 2. The third-order valence-electron chi connectivity index (χ3n) is 4.02. The third kappa shape index (κ3) is 7.13. The van der Waals surface area contributed by atoms with Crippen LogP contribution in [0.5, 0.6) is 11.5 Å². The molecule has 0 aliphatic heterocycles. The summed E-state index contributed by atoms with van der Waals surface area (Å²) >= 11 is 0. The van der Waals surface area contributed by atoms with Crippen molar-refractivity contribution in [2.45, 2.75) is 40.3 Å². The molecule has 6 nitrogen and oxygen atoms in total. The summed E-state index contributed by atoms with van der Waals surface area (Å²) in [5.41, 5.74) is 5.42. The molecule has 2 rings (SSSR count). The molecule has 2 aromatic rings. The second kappa shape index (κ2) is 12.4. The lowest BCUT2D eigenvalue weighted by Crippen LogP contribution is -1.96. The molecule has 28 heavy (non-hydrogen) atoms. The first-order chi connectivity index (χ1) is 13.4. The van der Waals surface area contributed by atoms with Gasteiger partial charge in [0.15, 0.2) is 0 Å². The topological polar surface area (TPSA) is 77.4 Å². The normalized spacial score (nSPS) is 10.5. The molecule has 0 aliphatic carbocycles. The van der Waals surface area contributed by atoms with E-state index in [9.17, 15) is 10.2 Å². The number of hydrogen-bond acceptors (Lipinski definition) is 6. The second-order valence-corrected chi connectivity index (χ2v) is 6.60. The number of phenolic OH excluding ortho intramolecular Hbond substituents is 2. The summed E-state index contributed by atoms with van der Waals surface area (Å²) in [7, 11) is 6.44. The van der Waals surface area contributed by atoms with Crippen LogP contribution in [0.25, 0.3) is 0 Å². The van der Waals surface area contributed by atoms with Gasteiger partial charge in [-0.15, -0.1) is 0 Å².